The van der Waals surface area contributed by atoms with E-state index in [4.69, 9.17) is 16.6 Å². The molecule has 2 aliphatic heterocycles. The van der Waals surface area contributed by atoms with Crippen molar-refractivity contribution in [2.45, 2.75) is 65.3 Å². The number of fused-ring (bicyclic) bond motifs is 3. The third-order valence-electron chi connectivity index (χ3n) is 16.0. The topological polar surface area (TPSA) is 359 Å². The smallest absolute Gasteiger partial charge is 0.291 e. The van der Waals surface area contributed by atoms with Gasteiger partial charge in [0.2, 0.25) is 35.3 Å². The third kappa shape index (κ3) is 16.6. The van der Waals surface area contributed by atoms with E-state index >= 15 is 0 Å². The molecule has 10 rings (SSSR count). The van der Waals surface area contributed by atoms with E-state index in [-0.39, 0.29) is 116 Å². The van der Waals surface area contributed by atoms with Crippen molar-refractivity contribution >= 4 is 105 Å². The molecule has 1 aromatic carbocycles. The lowest BCUT2D eigenvalue weighted by Crippen LogP contribution is -2.38. The van der Waals surface area contributed by atoms with Crippen molar-refractivity contribution in [2.75, 3.05) is 60.5 Å². The van der Waals surface area contributed by atoms with Gasteiger partial charge in [-0.1, -0.05) is 35.6 Å². The summed E-state index contributed by atoms with van der Waals surface area (Å²) in [5.74, 6) is 9.36. The van der Waals surface area contributed by atoms with Crippen LogP contribution in [0.5, 0.6) is 0 Å². The number of hydrogen-bond donors (Lipinski definition) is 8. The van der Waals surface area contributed by atoms with Crippen LogP contribution in [0.15, 0.2) is 78.6 Å². The largest absolute Gasteiger partial charge is 0.350 e. The second-order valence-electron chi connectivity index (χ2n) is 23.1. The first-order valence-corrected chi connectivity index (χ1v) is 32.0. The monoisotopic (exact) mass is 1360 g/mol. The number of aliphatic imine (C=N–C) groups is 1. The summed E-state index contributed by atoms with van der Waals surface area (Å²) in [6, 6.07) is 9.95. The first-order chi connectivity index (χ1) is 46.5. The van der Waals surface area contributed by atoms with E-state index < -0.39 is 47.4 Å². The maximum Gasteiger partial charge on any atom is 0.291 e. The van der Waals surface area contributed by atoms with Crippen molar-refractivity contribution in [2.24, 2.45) is 46.1 Å². The van der Waals surface area contributed by atoms with Gasteiger partial charge in [-0.2, -0.15) is 0 Å². The molecule has 7 aromatic heterocycles. The number of likely N-dealkylation sites (tertiary alicyclic amines) is 1. The quantitative estimate of drug-likeness (QED) is 0.0440. The molecular formula is C65H70ClN21O9S. The number of piperidine rings is 1. The van der Waals surface area contributed by atoms with Crippen LogP contribution < -0.4 is 42.5 Å². The number of halogens is 1. The summed E-state index contributed by atoms with van der Waals surface area (Å²) in [6.45, 7) is 7.09. The lowest BCUT2D eigenvalue weighted by Gasteiger charge is -2.30. The highest BCUT2D eigenvalue weighted by atomic mass is 35.5. The highest BCUT2D eigenvalue weighted by Crippen LogP contribution is 2.40. The Hall–Kier alpha value is -11.4. The van der Waals surface area contributed by atoms with Gasteiger partial charge < -0.3 is 70.3 Å². The number of nitrogens with one attached hydrogen (secondary N) is 8. The first kappa shape index (κ1) is 68.4. The van der Waals surface area contributed by atoms with E-state index in [0.717, 1.165) is 38.1 Å². The van der Waals surface area contributed by atoms with Gasteiger partial charge in [0.1, 0.15) is 28.3 Å². The number of hydrogen-bond acceptors (Lipinski definition) is 16. The highest BCUT2D eigenvalue weighted by molar-refractivity contribution is 7.15. The van der Waals surface area contributed by atoms with Gasteiger partial charge in [-0.15, -0.1) is 21.5 Å². The van der Waals surface area contributed by atoms with Crippen LogP contribution in [0.25, 0.3) is 5.00 Å². The van der Waals surface area contributed by atoms with Gasteiger partial charge in [-0.05, 0) is 75.3 Å². The fourth-order valence-electron chi connectivity index (χ4n) is 10.8. The lowest BCUT2D eigenvalue weighted by atomic mass is 9.97. The lowest BCUT2D eigenvalue weighted by molar-refractivity contribution is -0.132. The number of carbonyl (C=O) groups is 9. The van der Waals surface area contributed by atoms with E-state index in [1.54, 1.807) is 63.5 Å². The SMILES string of the molecule is Cc1sc2c(c1C)C(c1ccc(Cl)cc1)=N[C@@H](CC(=O)N1CCC(C#CC#CCNC(=O)CCNC(=O)c3nc(NC(=O)CCNC(=O)c4cc(NC(=O)c5nc(NC(=O)CCNC(=O)c6cc(NC(=O)c7nccn7C)cn6C)cn5C)cn4C)cn3C)CC1)c1nnc(C)n1-2. The number of anilines is 4. The summed E-state index contributed by atoms with van der Waals surface area (Å²) in [4.78, 5) is 138. The summed E-state index contributed by atoms with van der Waals surface area (Å²) in [7, 11) is 8.04. The molecule has 0 radical (unpaired) electrons. The molecule has 0 bridgehead atoms. The number of benzene rings is 1. The van der Waals surface area contributed by atoms with E-state index in [2.05, 4.69) is 105 Å². The van der Waals surface area contributed by atoms with Crippen molar-refractivity contribution in [1.82, 2.24) is 78.7 Å². The normalized spacial score (nSPS) is 13.3. The van der Waals surface area contributed by atoms with Gasteiger partial charge in [0.15, 0.2) is 23.3 Å². The van der Waals surface area contributed by atoms with Crippen LogP contribution in [-0.2, 0) is 54.4 Å². The van der Waals surface area contributed by atoms with Gasteiger partial charge in [0.05, 0.1) is 30.1 Å². The number of amides is 9. The van der Waals surface area contributed by atoms with Crippen LogP contribution in [0.1, 0.15) is 131 Å². The number of aromatic nitrogens is 11. The second-order valence-corrected chi connectivity index (χ2v) is 24.7. The van der Waals surface area contributed by atoms with Crippen molar-refractivity contribution in [3.63, 3.8) is 0 Å². The van der Waals surface area contributed by atoms with Crippen LogP contribution in [0.2, 0.25) is 5.02 Å². The Balaban J connectivity index is 0.591. The van der Waals surface area contributed by atoms with Crippen molar-refractivity contribution in [3.05, 3.63) is 141 Å². The minimum Gasteiger partial charge on any atom is -0.350 e. The fourth-order valence-corrected chi connectivity index (χ4v) is 12.2. The van der Waals surface area contributed by atoms with Crippen LogP contribution in [0.3, 0.4) is 0 Å². The molecule has 0 unspecified atom stereocenters. The summed E-state index contributed by atoms with van der Waals surface area (Å²) in [6.07, 6.45) is 10.3. The molecule has 97 heavy (non-hydrogen) atoms. The molecule has 30 nitrogen and oxygen atoms in total. The first-order valence-electron chi connectivity index (χ1n) is 30.8. The Labute approximate surface area is 565 Å². The molecule has 502 valence electrons. The van der Waals surface area contributed by atoms with E-state index in [1.165, 1.54) is 55.2 Å². The van der Waals surface area contributed by atoms with Gasteiger partial charge in [0, 0.05) is 151 Å². The number of aryl methyl sites for hydroxylation is 7. The van der Waals surface area contributed by atoms with Crippen LogP contribution in [0, 0.1) is 50.4 Å². The van der Waals surface area contributed by atoms with Crippen molar-refractivity contribution in [3.8, 4) is 28.7 Å². The van der Waals surface area contributed by atoms with Gasteiger partial charge in [-0.25, -0.2) is 15.0 Å². The predicted octanol–water partition coefficient (Wildman–Crippen LogP) is 4.27. The Morgan fingerprint density at radius 3 is 1.75 bits per heavy atom. The zero-order valence-corrected chi connectivity index (χ0v) is 55.9. The average molecular weight is 1360 g/mol. The highest BCUT2D eigenvalue weighted by Gasteiger charge is 2.34. The third-order valence-corrected chi connectivity index (χ3v) is 17.4. The Morgan fingerprint density at radius 2 is 1.18 bits per heavy atom. The maximum absolute atomic E-state index is 13.9. The molecule has 8 aromatic rings. The fraction of sp³-hybridized carbons (Fsp3) is 0.338. The molecule has 32 heteroatoms. The minimum absolute atomic E-state index is 0.00533. The molecule has 0 aliphatic carbocycles. The van der Waals surface area contributed by atoms with Crippen LogP contribution >= 0.6 is 22.9 Å². The Morgan fingerprint density at radius 1 is 0.619 bits per heavy atom. The number of rotatable bonds is 22. The molecule has 9 heterocycles. The second kappa shape index (κ2) is 30.3. The molecule has 1 saturated heterocycles. The zero-order chi connectivity index (χ0) is 69.2. The van der Waals surface area contributed by atoms with E-state index in [0.29, 0.717) is 42.5 Å². The molecule has 1 fully saturated rings. The number of imidazole rings is 3. The van der Waals surface area contributed by atoms with Gasteiger partial charge in [-0.3, -0.25) is 52.7 Å². The Bertz CT molecular complexity index is 4570. The predicted molar refractivity (Wildman–Crippen MR) is 360 cm³/mol. The Kier molecular flexibility index (Phi) is 21.4. The van der Waals surface area contributed by atoms with Crippen LogP contribution in [0.4, 0.5) is 23.0 Å². The van der Waals surface area contributed by atoms with Crippen LogP contribution in [-0.4, -0.2) is 156 Å². The summed E-state index contributed by atoms with van der Waals surface area (Å²) < 4.78 is 9.43. The molecular weight excluding hydrogens is 1290 g/mol. The number of carbonyl (C=O) groups excluding carboxylic acids is 9. The molecule has 2 aliphatic rings. The van der Waals surface area contributed by atoms with E-state index in [1.807, 2.05) is 40.7 Å². The van der Waals surface area contributed by atoms with Gasteiger partial charge in [0.25, 0.3) is 29.5 Å². The summed E-state index contributed by atoms with van der Waals surface area (Å²) in [5, 5.41) is 31.8. The molecule has 0 saturated carbocycles. The number of thiophene rings is 1. The summed E-state index contributed by atoms with van der Waals surface area (Å²) in [5.41, 5.74) is 4.86. The van der Waals surface area contributed by atoms with E-state index in [9.17, 15) is 43.2 Å². The minimum atomic E-state index is -0.640. The average Bonchev–Trinajstić information content (AvgIpc) is 1.61. The molecule has 8 N–H and O–H groups in total. The summed E-state index contributed by atoms with van der Waals surface area (Å²) >= 11 is 7.93. The maximum atomic E-state index is 13.9. The zero-order valence-electron chi connectivity index (χ0n) is 54.3. The number of nitrogens with zero attached hydrogens (tertiary/aromatic N) is 13. The standard InChI is InChI=1S/C65H70ClN21O9S/c1-37-38(2)97-65-54(37)55(41-13-15-42(66)16-14-41)74-45(56-80-79-39(3)87(56)65)32-53(91)86-27-20-40(21-28-86)12-10-9-11-22-67-50(88)17-23-71-62(94)58-77-48(35-84(58)7)75-51(89)18-24-70-61(93)47-31-44(34-83(47)6)73-64(96)59-78-49(36-85(59)8)76-52(90)19-25-69-60(92)46-30-43(33-82(46)5)72-63(95)57-68-26-29-81(57)4/h13-16,26,29-31,33-36,40,45H,17-25,27-28,32H2,1-8H3,(H,67,88)(H,69,92)(H,70,93)(H,71,94)(H,72,95)(H,73,96)(H,75,89)(H,76,90)/t45-/m0/s1. The molecule has 1 atom stereocenters. The van der Waals surface area contributed by atoms with Crippen molar-refractivity contribution < 1.29 is 43.2 Å². The van der Waals surface area contributed by atoms with Gasteiger partial charge >= 0.3 is 0 Å². The molecule has 9 amide bonds. The van der Waals surface area contributed by atoms with Crippen molar-refractivity contribution in [1.29, 1.82) is 0 Å². The molecule has 0 spiro atoms.